The van der Waals surface area contributed by atoms with E-state index in [0.717, 1.165) is 5.46 Å². The third-order valence-electron chi connectivity index (χ3n) is 7.54. The van der Waals surface area contributed by atoms with Crippen molar-refractivity contribution >= 4 is 44.9 Å². The van der Waals surface area contributed by atoms with Gasteiger partial charge in [-0.05, 0) is 76.6 Å². The summed E-state index contributed by atoms with van der Waals surface area (Å²) in [5.74, 6) is 0. The molecule has 0 spiro atoms. The van der Waals surface area contributed by atoms with Gasteiger partial charge in [0.05, 0.1) is 11.2 Å². The first kappa shape index (κ1) is 20.5. The molecule has 162 valence electrons. The van der Waals surface area contributed by atoms with Crippen LogP contribution in [0.25, 0.3) is 43.4 Å². The Morgan fingerprint density at radius 3 is 1.76 bits per heavy atom. The Hall–Kier alpha value is -3.14. The first-order chi connectivity index (χ1) is 15.9. The molecule has 0 aliphatic carbocycles. The van der Waals surface area contributed by atoms with Crippen molar-refractivity contribution in [2.45, 2.75) is 38.9 Å². The van der Waals surface area contributed by atoms with Gasteiger partial charge in [0.1, 0.15) is 0 Å². The fourth-order valence-corrected chi connectivity index (χ4v) is 5.02. The highest BCUT2D eigenvalue weighted by molar-refractivity contribution is 6.65. The molecule has 0 aromatic heterocycles. The number of hydrogen-bond acceptors (Lipinski definition) is 2. The molecule has 0 radical (unpaired) electrons. The molecule has 0 N–H and O–H groups in total. The van der Waals surface area contributed by atoms with E-state index >= 15 is 0 Å². The topological polar surface area (TPSA) is 18.5 Å². The predicted molar refractivity (Wildman–Crippen MR) is 140 cm³/mol. The summed E-state index contributed by atoms with van der Waals surface area (Å²) in [5, 5.41) is 7.49. The van der Waals surface area contributed by atoms with E-state index in [1.54, 1.807) is 0 Å². The maximum absolute atomic E-state index is 6.40. The number of rotatable bonds is 2. The second kappa shape index (κ2) is 7.18. The fourth-order valence-electron chi connectivity index (χ4n) is 5.02. The van der Waals surface area contributed by atoms with Crippen LogP contribution in [-0.2, 0) is 9.31 Å². The molecule has 1 fully saturated rings. The highest BCUT2D eigenvalue weighted by Gasteiger charge is 2.52. The normalized spacial score (nSPS) is 17.3. The average molecular weight is 430 g/mol. The SMILES string of the molecule is CC1(C)OB(c2cccc3c(-c4cccc5c4ccc4ccccc45)cccc23)OC1(C)C. The van der Waals surface area contributed by atoms with Crippen LogP contribution in [0.5, 0.6) is 0 Å². The van der Waals surface area contributed by atoms with E-state index in [2.05, 4.69) is 119 Å². The molecule has 1 saturated heterocycles. The van der Waals surface area contributed by atoms with Crippen LogP contribution >= 0.6 is 0 Å². The van der Waals surface area contributed by atoms with Crippen LogP contribution in [0, 0.1) is 0 Å². The summed E-state index contributed by atoms with van der Waals surface area (Å²) in [5.41, 5.74) is 2.82. The molecular formula is C30H27BO2. The molecule has 5 aromatic rings. The van der Waals surface area contributed by atoms with E-state index in [9.17, 15) is 0 Å². The lowest BCUT2D eigenvalue weighted by molar-refractivity contribution is 0.00578. The molecule has 0 unspecified atom stereocenters. The molecule has 3 heteroatoms. The van der Waals surface area contributed by atoms with Gasteiger partial charge in [0.25, 0.3) is 0 Å². The fraction of sp³-hybridized carbons (Fsp3) is 0.200. The van der Waals surface area contributed by atoms with Gasteiger partial charge in [-0.1, -0.05) is 91.0 Å². The lowest BCUT2D eigenvalue weighted by Crippen LogP contribution is -2.41. The molecular weight excluding hydrogens is 403 g/mol. The molecule has 0 amide bonds. The summed E-state index contributed by atoms with van der Waals surface area (Å²) < 4.78 is 12.8. The van der Waals surface area contributed by atoms with Crippen molar-refractivity contribution in [3.8, 4) is 11.1 Å². The van der Waals surface area contributed by atoms with Crippen LogP contribution in [-0.4, -0.2) is 18.3 Å². The van der Waals surface area contributed by atoms with E-state index in [-0.39, 0.29) is 18.3 Å². The number of hydrogen-bond donors (Lipinski definition) is 0. The molecule has 1 aliphatic rings. The van der Waals surface area contributed by atoms with Crippen LogP contribution in [0.3, 0.4) is 0 Å². The highest BCUT2D eigenvalue weighted by atomic mass is 16.7. The lowest BCUT2D eigenvalue weighted by Gasteiger charge is -2.32. The quantitative estimate of drug-likeness (QED) is 0.219. The van der Waals surface area contributed by atoms with Crippen molar-refractivity contribution < 1.29 is 9.31 Å². The summed E-state index contributed by atoms with van der Waals surface area (Å²) in [7, 11) is -0.384. The maximum Gasteiger partial charge on any atom is 0.495 e. The van der Waals surface area contributed by atoms with E-state index in [4.69, 9.17) is 9.31 Å². The van der Waals surface area contributed by atoms with Gasteiger partial charge in [-0.15, -0.1) is 0 Å². The van der Waals surface area contributed by atoms with Crippen molar-refractivity contribution in [3.63, 3.8) is 0 Å². The van der Waals surface area contributed by atoms with Gasteiger partial charge < -0.3 is 9.31 Å². The Labute approximate surface area is 195 Å². The molecule has 1 aliphatic heterocycles. The predicted octanol–water partition coefficient (Wildman–Crippen LogP) is 7.11. The van der Waals surface area contributed by atoms with E-state index in [0.29, 0.717) is 0 Å². The maximum atomic E-state index is 6.40. The van der Waals surface area contributed by atoms with Gasteiger partial charge in [-0.2, -0.15) is 0 Å². The molecule has 6 rings (SSSR count). The smallest absolute Gasteiger partial charge is 0.399 e. The summed E-state index contributed by atoms with van der Waals surface area (Å²) in [6.45, 7) is 8.40. The van der Waals surface area contributed by atoms with Crippen LogP contribution in [0.2, 0.25) is 0 Å². The van der Waals surface area contributed by atoms with Gasteiger partial charge in [-0.25, -0.2) is 0 Å². The van der Waals surface area contributed by atoms with Gasteiger partial charge in [0.2, 0.25) is 0 Å². The van der Waals surface area contributed by atoms with Crippen molar-refractivity contribution in [2.75, 3.05) is 0 Å². The third kappa shape index (κ3) is 3.11. The average Bonchev–Trinajstić information content (AvgIpc) is 3.04. The summed E-state index contributed by atoms with van der Waals surface area (Å²) >= 11 is 0. The Kier molecular flexibility index (Phi) is 4.45. The van der Waals surface area contributed by atoms with Crippen LogP contribution in [0.1, 0.15) is 27.7 Å². The minimum absolute atomic E-state index is 0.367. The lowest BCUT2D eigenvalue weighted by atomic mass is 9.75. The first-order valence-electron chi connectivity index (χ1n) is 11.6. The Morgan fingerprint density at radius 2 is 1.03 bits per heavy atom. The molecule has 33 heavy (non-hydrogen) atoms. The molecule has 0 atom stereocenters. The highest BCUT2D eigenvalue weighted by Crippen LogP contribution is 2.39. The number of benzene rings is 5. The summed E-state index contributed by atoms with van der Waals surface area (Å²) in [6.07, 6.45) is 0. The van der Waals surface area contributed by atoms with Gasteiger partial charge in [-0.3, -0.25) is 0 Å². The minimum Gasteiger partial charge on any atom is -0.399 e. The van der Waals surface area contributed by atoms with E-state index in [1.807, 2.05) is 0 Å². The van der Waals surface area contributed by atoms with Gasteiger partial charge >= 0.3 is 7.12 Å². The third-order valence-corrected chi connectivity index (χ3v) is 7.54. The second-order valence-corrected chi connectivity index (χ2v) is 10.0. The molecule has 1 heterocycles. The van der Waals surface area contributed by atoms with E-state index in [1.165, 1.54) is 43.4 Å². The zero-order valence-electron chi connectivity index (χ0n) is 19.6. The molecule has 0 saturated carbocycles. The van der Waals surface area contributed by atoms with Crippen molar-refractivity contribution in [3.05, 3.63) is 91.0 Å². The Morgan fingerprint density at radius 1 is 0.485 bits per heavy atom. The molecule has 0 bridgehead atoms. The van der Waals surface area contributed by atoms with E-state index < -0.39 is 0 Å². The summed E-state index contributed by atoms with van der Waals surface area (Å²) in [6, 6.07) is 32.7. The molecule has 5 aromatic carbocycles. The summed E-state index contributed by atoms with van der Waals surface area (Å²) in [4.78, 5) is 0. The van der Waals surface area contributed by atoms with Crippen LogP contribution < -0.4 is 5.46 Å². The standard InChI is InChI=1S/C30H27BO2/c1-29(2)30(3,4)33-31(32-29)28-17-9-15-25-23(14-8-16-27(25)28)24-13-7-12-22-21-11-6-5-10-20(21)18-19-26(22)24/h5-19H,1-4H3. The van der Waals surface area contributed by atoms with Gasteiger partial charge in [0.15, 0.2) is 0 Å². The zero-order chi connectivity index (χ0) is 22.8. The zero-order valence-corrected chi connectivity index (χ0v) is 19.6. The second-order valence-electron chi connectivity index (χ2n) is 10.0. The van der Waals surface area contributed by atoms with Crippen LogP contribution in [0.15, 0.2) is 91.0 Å². The van der Waals surface area contributed by atoms with Crippen molar-refractivity contribution in [1.82, 2.24) is 0 Å². The van der Waals surface area contributed by atoms with Gasteiger partial charge in [0, 0.05) is 0 Å². The Balaban J connectivity index is 1.56. The largest absolute Gasteiger partial charge is 0.495 e. The number of fused-ring (bicyclic) bond motifs is 4. The molecule has 2 nitrogen and oxygen atoms in total. The Bertz CT molecular complexity index is 1520. The van der Waals surface area contributed by atoms with Crippen molar-refractivity contribution in [2.24, 2.45) is 0 Å². The van der Waals surface area contributed by atoms with Crippen molar-refractivity contribution in [1.29, 1.82) is 0 Å². The monoisotopic (exact) mass is 430 g/mol. The van der Waals surface area contributed by atoms with Crippen LogP contribution in [0.4, 0.5) is 0 Å². The minimum atomic E-state index is -0.384. The first-order valence-corrected chi connectivity index (χ1v) is 11.6.